The molecule has 0 atom stereocenters. The molecule has 6 aromatic rings. The second-order valence-electron chi connectivity index (χ2n) is 10.9. The van der Waals surface area contributed by atoms with Gasteiger partial charge < -0.3 is 0 Å². The van der Waals surface area contributed by atoms with Gasteiger partial charge >= 0.3 is 0 Å². The topological polar surface area (TPSA) is 125 Å². The molecule has 46 heavy (non-hydrogen) atoms. The summed E-state index contributed by atoms with van der Waals surface area (Å²) in [5.74, 6) is 0. The molecule has 230 valence electrons. The lowest BCUT2D eigenvalue weighted by molar-refractivity contribution is 0.835. The van der Waals surface area contributed by atoms with Gasteiger partial charge in [0, 0.05) is 0 Å². The summed E-state index contributed by atoms with van der Waals surface area (Å²) in [4.78, 5) is 26.0. The minimum absolute atomic E-state index is 0.196. The largest absolute Gasteiger partial charge is 0.299 e. The Labute approximate surface area is 273 Å². The first-order valence-corrected chi connectivity index (χ1v) is 15.0. The lowest BCUT2D eigenvalue weighted by Gasteiger charge is -2.06. The quantitative estimate of drug-likeness (QED) is 0.167. The van der Waals surface area contributed by atoms with E-state index in [1.807, 2.05) is 74.5 Å². The highest BCUT2D eigenvalue weighted by Crippen LogP contribution is 2.35. The minimum atomic E-state index is -0.312. The van der Waals surface area contributed by atoms with Gasteiger partial charge in [-0.15, -0.1) is 20.5 Å². The molecular formula is C34H28Cl2N8O2. The normalized spacial score (nSPS) is 11.7. The van der Waals surface area contributed by atoms with Gasteiger partial charge in [-0.2, -0.15) is 0 Å². The number of halogens is 2. The first kappa shape index (κ1) is 30.7. The summed E-state index contributed by atoms with van der Waals surface area (Å²) in [6.45, 7) is 7.49. The molecule has 0 radical (unpaired) electrons. The van der Waals surface area contributed by atoms with E-state index in [1.165, 1.54) is 9.36 Å². The van der Waals surface area contributed by atoms with Crippen molar-refractivity contribution >= 4 is 46.0 Å². The fraction of sp³-hybridized carbons (Fsp3) is 0.118. The van der Waals surface area contributed by atoms with E-state index in [9.17, 15) is 9.59 Å². The van der Waals surface area contributed by atoms with Crippen LogP contribution in [0.15, 0.2) is 115 Å². The number of rotatable bonds is 7. The summed E-state index contributed by atoms with van der Waals surface area (Å²) >= 11 is 13.1. The van der Waals surface area contributed by atoms with Crippen LogP contribution in [-0.2, 0) is 0 Å². The number of aromatic amines is 2. The van der Waals surface area contributed by atoms with E-state index < -0.39 is 0 Å². The number of benzene rings is 4. The van der Waals surface area contributed by atoms with Crippen molar-refractivity contribution in [3.63, 3.8) is 0 Å². The Kier molecular flexibility index (Phi) is 8.40. The average Bonchev–Trinajstić information content (AvgIpc) is 3.49. The summed E-state index contributed by atoms with van der Waals surface area (Å²) < 4.78 is 2.86. The van der Waals surface area contributed by atoms with Gasteiger partial charge in [-0.1, -0.05) is 70.7 Å². The van der Waals surface area contributed by atoms with Crippen molar-refractivity contribution in [2.75, 3.05) is 0 Å². The van der Waals surface area contributed by atoms with Crippen molar-refractivity contribution in [2.45, 2.75) is 27.7 Å². The summed E-state index contributed by atoms with van der Waals surface area (Å²) in [6.07, 6.45) is 0. The molecule has 2 heterocycles. The minimum Gasteiger partial charge on any atom is -0.293 e. The average molecular weight is 652 g/mol. The highest BCUT2D eigenvalue weighted by Gasteiger charge is 2.14. The Morgan fingerprint density at radius 1 is 0.522 bits per heavy atom. The molecule has 0 aliphatic carbocycles. The fourth-order valence-electron chi connectivity index (χ4n) is 4.81. The smallest absolute Gasteiger partial charge is 0.293 e. The molecule has 6 rings (SSSR count). The molecule has 0 unspecified atom stereocenters. The zero-order chi connectivity index (χ0) is 32.5. The van der Waals surface area contributed by atoms with E-state index in [2.05, 4.69) is 30.7 Å². The molecule has 0 amide bonds. The van der Waals surface area contributed by atoms with E-state index in [0.29, 0.717) is 44.2 Å². The van der Waals surface area contributed by atoms with E-state index in [0.717, 1.165) is 22.3 Å². The number of nitrogens with zero attached hydrogens (tertiary/aromatic N) is 6. The number of nitrogens with one attached hydrogen (secondary N) is 2. The molecule has 0 fully saturated rings. The second-order valence-corrected chi connectivity index (χ2v) is 11.7. The third-order valence-electron chi connectivity index (χ3n) is 7.41. The first-order chi connectivity index (χ1) is 22.1. The monoisotopic (exact) mass is 650 g/mol. The third-order valence-corrected chi connectivity index (χ3v) is 8.01. The van der Waals surface area contributed by atoms with Crippen LogP contribution in [0.25, 0.3) is 22.5 Å². The molecule has 0 aliphatic heterocycles. The van der Waals surface area contributed by atoms with Gasteiger partial charge in [-0.3, -0.25) is 19.8 Å². The molecule has 4 aromatic carbocycles. The molecule has 0 saturated heterocycles. The lowest BCUT2D eigenvalue weighted by atomic mass is 10.1. The standard InChI is InChI=1S/C34H28Cl2N8O2/c1-19-5-11-25(12-6-19)43-33(45)31(21(3)41-43)39-37-29-15-9-23(17-27(29)35)24-10-16-30(28(36)18-24)38-40-32-22(4)42-44(34(32)46)26-13-7-20(2)8-14-26/h5-18,41-42H,1-4H3. The van der Waals surface area contributed by atoms with Gasteiger partial charge in [0.1, 0.15) is 11.4 Å². The van der Waals surface area contributed by atoms with E-state index in [4.69, 9.17) is 23.2 Å². The fourth-order valence-corrected chi connectivity index (χ4v) is 5.24. The van der Waals surface area contributed by atoms with Crippen LogP contribution in [0.4, 0.5) is 22.7 Å². The number of hydrogen-bond donors (Lipinski definition) is 2. The molecule has 0 spiro atoms. The molecule has 2 aromatic heterocycles. The van der Waals surface area contributed by atoms with Gasteiger partial charge in [-0.25, -0.2) is 9.36 Å². The third kappa shape index (κ3) is 6.13. The van der Waals surface area contributed by atoms with Crippen molar-refractivity contribution in [3.8, 4) is 22.5 Å². The lowest BCUT2D eigenvalue weighted by Crippen LogP contribution is -2.13. The Bertz CT molecular complexity index is 2100. The Morgan fingerprint density at radius 3 is 1.24 bits per heavy atom. The highest BCUT2D eigenvalue weighted by atomic mass is 35.5. The number of H-pyrrole nitrogens is 2. The zero-order valence-electron chi connectivity index (χ0n) is 25.3. The van der Waals surface area contributed by atoms with Crippen LogP contribution in [-0.4, -0.2) is 19.6 Å². The van der Waals surface area contributed by atoms with Crippen LogP contribution in [0.3, 0.4) is 0 Å². The predicted octanol–water partition coefficient (Wildman–Crippen LogP) is 9.68. The Balaban J connectivity index is 1.20. The Morgan fingerprint density at radius 2 is 0.891 bits per heavy atom. The van der Waals surface area contributed by atoms with E-state index >= 15 is 0 Å². The van der Waals surface area contributed by atoms with Gasteiger partial charge in [-0.05, 0) is 87.4 Å². The molecule has 2 N–H and O–H groups in total. The molecule has 0 aliphatic rings. The van der Waals surface area contributed by atoms with Crippen LogP contribution in [0.5, 0.6) is 0 Å². The van der Waals surface area contributed by atoms with Crippen LogP contribution in [0, 0.1) is 27.7 Å². The Hall–Kier alpha value is -5.32. The SMILES string of the molecule is Cc1ccc(-n2[nH]c(C)c(N=Nc3ccc(-c4ccc(N=Nc5c(C)[nH]n(-c6ccc(C)cc6)c5=O)c(Cl)c4)cc3Cl)c2=O)cc1. The number of aryl methyl sites for hydroxylation is 4. The van der Waals surface area contributed by atoms with Crippen molar-refractivity contribution in [3.05, 3.63) is 138 Å². The number of aromatic nitrogens is 4. The van der Waals surface area contributed by atoms with Crippen molar-refractivity contribution in [1.29, 1.82) is 0 Å². The van der Waals surface area contributed by atoms with Crippen LogP contribution >= 0.6 is 23.2 Å². The molecular weight excluding hydrogens is 623 g/mol. The summed E-state index contributed by atoms with van der Waals surface area (Å²) in [5, 5.41) is 23.7. The summed E-state index contributed by atoms with van der Waals surface area (Å²) in [5.41, 5.74) is 6.91. The van der Waals surface area contributed by atoms with Gasteiger partial charge in [0.2, 0.25) is 0 Å². The second kappa shape index (κ2) is 12.6. The molecule has 0 saturated carbocycles. The maximum Gasteiger partial charge on any atom is 0.299 e. The predicted molar refractivity (Wildman–Crippen MR) is 182 cm³/mol. The van der Waals surface area contributed by atoms with Crippen molar-refractivity contribution in [1.82, 2.24) is 19.6 Å². The summed E-state index contributed by atoms with van der Waals surface area (Å²) in [6, 6.07) is 25.7. The molecule has 0 bridgehead atoms. The van der Waals surface area contributed by atoms with Gasteiger partial charge in [0.25, 0.3) is 11.1 Å². The molecule has 10 nitrogen and oxygen atoms in total. The molecule has 12 heteroatoms. The van der Waals surface area contributed by atoms with E-state index in [-0.39, 0.29) is 22.5 Å². The van der Waals surface area contributed by atoms with Crippen LogP contribution < -0.4 is 11.1 Å². The zero-order valence-corrected chi connectivity index (χ0v) is 26.9. The first-order valence-electron chi connectivity index (χ1n) is 14.3. The summed E-state index contributed by atoms with van der Waals surface area (Å²) in [7, 11) is 0. The van der Waals surface area contributed by atoms with Gasteiger partial charge in [0.05, 0.1) is 32.8 Å². The van der Waals surface area contributed by atoms with Gasteiger partial charge in [0.15, 0.2) is 11.4 Å². The van der Waals surface area contributed by atoms with Crippen LogP contribution in [0.1, 0.15) is 22.5 Å². The maximum absolute atomic E-state index is 13.0. The number of azo groups is 2. The van der Waals surface area contributed by atoms with Crippen molar-refractivity contribution < 1.29 is 0 Å². The maximum atomic E-state index is 13.0. The highest BCUT2D eigenvalue weighted by molar-refractivity contribution is 6.34. The van der Waals surface area contributed by atoms with Crippen molar-refractivity contribution in [2.24, 2.45) is 20.5 Å². The van der Waals surface area contributed by atoms with E-state index in [1.54, 1.807) is 38.1 Å². The number of hydrogen-bond acceptors (Lipinski definition) is 6. The van der Waals surface area contributed by atoms with Crippen LogP contribution in [0.2, 0.25) is 10.0 Å².